The van der Waals surface area contributed by atoms with Gasteiger partial charge in [-0.05, 0) is 23.8 Å². The SMILES string of the molecule is CC(CSc1cccc(F)c1)C(=O)OCc1ccccc1. The van der Waals surface area contributed by atoms with E-state index in [2.05, 4.69) is 0 Å². The summed E-state index contributed by atoms with van der Waals surface area (Å²) in [5.74, 6) is -0.166. The van der Waals surface area contributed by atoms with E-state index in [1.54, 1.807) is 6.07 Å². The Morgan fingerprint density at radius 2 is 1.95 bits per heavy atom. The van der Waals surface area contributed by atoms with Gasteiger partial charge in [-0.25, -0.2) is 4.39 Å². The number of rotatable bonds is 6. The monoisotopic (exact) mass is 304 g/mol. The van der Waals surface area contributed by atoms with E-state index in [1.807, 2.05) is 43.3 Å². The van der Waals surface area contributed by atoms with E-state index in [0.717, 1.165) is 10.5 Å². The van der Waals surface area contributed by atoms with E-state index in [1.165, 1.54) is 23.9 Å². The maximum absolute atomic E-state index is 13.1. The van der Waals surface area contributed by atoms with Gasteiger partial charge in [-0.15, -0.1) is 11.8 Å². The minimum atomic E-state index is -0.265. The van der Waals surface area contributed by atoms with Crippen molar-refractivity contribution in [2.45, 2.75) is 18.4 Å². The highest BCUT2D eigenvalue weighted by molar-refractivity contribution is 7.99. The second-order valence-electron chi connectivity index (χ2n) is 4.76. The third-order valence-electron chi connectivity index (χ3n) is 2.92. The molecular formula is C17H17FO2S. The van der Waals surface area contributed by atoms with Crippen LogP contribution in [0, 0.1) is 11.7 Å². The second-order valence-corrected chi connectivity index (χ2v) is 5.86. The van der Waals surface area contributed by atoms with Crippen molar-refractivity contribution in [3.05, 3.63) is 66.0 Å². The first kappa shape index (κ1) is 15.6. The average Bonchev–Trinajstić information content (AvgIpc) is 2.51. The zero-order chi connectivity index (χ0) is 15.1. The Morgan fingerprint density at radius 3 is 2.67 bits per heavy atom. The maximum atomic E-state index is 13.1. The normalized spacial score (nSPS) is 11.9. The van der Waals surface area contributed by atoms with Crippen molar-refractivity contribution in [3.8, 4) is 0 Å². The van der Waals surface area contributed by atoms with Gasteiger partial charge in [0.1, 0.15) is 12.4 Å². The molecule has 110 valence electrons. The van der Waals surface area contributed by atoms with Crippen LogP contribution in [0.2, 0.25) is 0 Å². The number of thioether (sulfide) groups is 1. The lowest BCUT2D eigenvalue weighted by molar-refractivity contribution is -0.148. The highest BCUT2D eigenvalue weighted by Crippen LogP contribution is 2.22. The molecule has 0 N–H and O–H groups in total. The summed E-state index contributed by atoms with van der Waals surface area (Å²) in [7, 11) is 0. The van der Waals surface area contributed by atoms with E-state index in [9.17, 15) is 9.18 Å². The molecule has 0 heterocycles. The molecule has 0 saturated carbocycles. The fourth-order valence-electron chi connectivity index (χ4n) is 1.72. The summed E-state index contributed by atoms with van der Waals surface area (Å²) >= 11 is 1.45. The van der Waals surface area contributed by atoms with Gasteiger partial charge in [0.25, 0.3) is 0 Å². The number of carbonyl (C=O) groups is 1. The van der Waals surface area contributed by atoms with E-state index < -0.39 is 0 Å². The summed E-state index contributed by atoms with van der Waals surface area (Å²) in [6.07, 6.45) is 0. The van der Waals surface area contributed by atoms with Gasteiger partial charge in [-0.2, -0.15) is 0 Å². The van der Waals surface area contributed by atoms with Crippen molar-refractivity contribution in [2.24, 2.45) is 5.92 Å². The summed E-state index contributed by atoms with van der Waals surface area (Å²) in [6, 6.07) is 15.9. The standard InChI is InChI=1S/C17H17FO2S/c1-13(12-21-16-9-5-8-15(18)10-16)17(19)20-11-14-6-3-2-4-7-14/h2-10,13H,11-12H2,1H3. The van der Waals surface area contributed by atoms with Crippen LogP contribution < -0.4 is 0 Å². The van der Waals surface area contributed by atoms with Gasteiger partial charge in [0.05, 0.1) is 5.92 Å². The Morgan fingerprint density at radius 1 is 1.19 bits per heavy atom. The molecule has 2 nitrogen and oxygen atoms in total. The Labute approximate surface area is 128 Å². The number of esters is 1. The lowest BCUT2D eigenvalue weighted by Gasteiger charge is -2.11. The second kappa shape index (κ2) is 7.84. The Balaban J connectivity index is 1.77. The van der Waals surface area contributed by atoms with E-state index in [-0.39, 0.29) is 24.3 Å². The predicted octanol–water partition coefficient (Wildman–Crippen LogP) is 4.30. The molecule has 0 aliphatic rings. The van der Waals surface area contributed by atoms with Crippen LogP contribution in [0.4, 0.5) is 4.39 Å². The molecule has 2 aromatic carbocycles. The number of halogens is 1. The fraction of sp³-hybridized carbons (Fsp3) is 0.235. The van der Waals surface area contributed by atoms with Crippen molar-refractivity contribution < 1.29 is 13.9 Å². The van der Waals surface area contributed by atoms with Gasteiger partial charge in [-0.1, -0.05) is 43.3 Å². The van der Waals surface area contributed by atoms with E-state index >= 15 is 0 Å². The summed E-state index contributed by atoms with van der Waals surface area (Å²) in [6.45, 7) is 2.11. The van der Waals surface area contributed by atoms with Crippen molar-refractivity contribution in [1.82, 2.24) is 0 Å². The first-order valence-electron chi connectivity index (χ1n) is 6.74. The molecule has 0 bridgehead atoms. The molecule has 0 saturated heterocycles. The quantitative estimate of drug-likeness (QED) is 0.588. The molecular weight excluding hydrogens is 287 g/mol. The molecule has 0 spiro atoms. The predicted molar refractivity (Wildman–Crippen MR) is 82.5 cm³/mol. The molecule has 2 rings (SSSR count). The van der Waals surface area contributed by atoms with Crippen LogP contribution >= 0.6 is 11.8 Å². The van der Waals surface area contributed by atoms with E-state index in [0.29, 0.717) is 5.75 Å². The lowest BCUT2D eigenvalue weighted by Crippen LogP contribution is -2.16. The smallest absolute Gasteiger partial charge is 0.309 e. The van der Waals surface area contributed by atoms with Crippen molar-refractivity contribution in [1.29, 1.82) is 0 Å². The summed E-state index contributed by atoms with van der Waals surface area (Å²) in [4.78, 5) is 12.7. The molecule has 1 atom stereocenters. The number of hydrogen-bond donors (Lipinski definition) is 0. The molecule has 0 fully saturated rings. The maximum Gasteiger partial charge on any atom is 0.309 e. The molecule has 1 unspecified atom stereocenters. The fourth-order valence-corrected chi connectivity index (χ4v) is 2.67. The summed E-state index contributed by atoms with van der Waals surface area (Å²) in [5.41, 5.74) is 0.968. The molecule has 0 aromatic heterocycles. The largest absolute Gasteiger partial charge is 0.461 e. The topological polar surface area (TPSA) is 26.3 Å². The van der Waals surface area contributed by atoms with Crippen LogP contribution in [-0.2, 0) is 16.1 Å². The van der Waals surface area contributed by atoms with Crippen LogP contribution in [0.25, 0.3) is 0 Å². The van der Waals surface area contributed by atoms with Crippen LogP contribution in [-0.4, -0.2) is 11.7 Å². The lowest BCUT2D eigenvalue weighted by atomic mass is 10.2. The highest BCUT2D eigenvalue weighted by Gasteiger charge is 2.15. The van der Waals surface area contributed by atoms with Crippen LogP contribution in [0.1, 0.15) is 12.5 Å². The number of ether oxygens (including phenoxy) is 1. The first-order valence-corrected chi connectivity index (χ1v) is 7.72. The van der Waals surface area contributed by atoms with Gasteiger partial charge in [0.2, 0.25) is 0 Å². The molecule has 0 aliphatic carbocycles. The van der Waals surface area contributed by atoms with E-state index in [4.69, 9.17) is 4.74 Å². The zero-order valence-corrected chi connectivity index (χ0v) is 12.6. The van der Waals surface area contributed by atoms with Gasteiger partial charge >= 0.3 is 5.97 Å². The first-order chi connectivity index (χ1) is 10.1. The van der Waals surface area contributed by atoms with Crippen molar-refractivity contribution >= 4 is 17.7 Å². The van der Waals surface area contributed by atoms with Crippen molar-refractivity contribution in [3.63, 3.8) is 0 Å². The Bertz CT molecular complexity index is 586. The molecule has 0 aliphatic heterocycles. The van der Waals surface area contributed by atoms with Crippen LogP contribution in [0.5, 0.6) is 0 Å². The average molecular weight is 304 g/mol. The third-order valence-corrected chi connectivity index (χ3v) is 4.18. The van der Waals surface area contributed by atoms with Gasteiger partial charge in [0.15, 0.2) is 0 Å². The zero-order valence-electron chi connectivity index (χ0n) is 11.8. The summed E-state index contributed by atoms with van der Waals surface area (Å²) in [5, 5.41) is 0. The van der Waals surface area contributed by atoms with Crippen LogP contribution in [0.15, 0.2) is 59.5 Å². The number of benzene rings is 2. The number of carbonyl (C=O) groups excluding carboxylic acids is 1. The number of hydrogen-bond acceptors (Lipinski definition) is 3. The highest BCUT2D eigenvalue weighted by atomic mass is 32.2. The van der Waals surface area contributed by atoms with Gasteiger partial charge in [0, 0.05) is 10.6 Å². The third kappa shape index (κ3) is 5.23. The molecule has 0 radical (unpaired) electrons. The van der Waals surface area contributed by atoms with Crippen molar-refractivity contribution in [2.75, 3.05) is 5.75 Å². The minimum Gasteiger partial charge on any atom is -0.461 e. The summed E-state index contributed by atoms with van der Waals surface area (Å²) < 4.78 is 18.3. The Kier molecular flexibility index (Phi) is 5.81. The molecule has 0 amide bonds. The van der Waals surface area contributed by atoms with Gasteiger partial charge < -0.3 is 4.74 Å². The Hall–Kier alpha value is -1.81. The molecule has 4 heteroatoms. The van der Waals surface area contributed by atoms with Crippen LogP contribution in [0.3, 0.4) is 0 Å². The molecule has 2 aromatic rings. The molecule has 21 heavy (non-hydrogen) atoms. The minimum absolute atomic E-state index is 0.234. The van der Waals surface area contributed by atoms with Gasteiger partial charge in [-0.3, -0.25) is 4.79 Å².